The highest BCUT2D eigenvalue weighted by atomic mass is 16.2. The first-order chi connectivity index (χ1) is 9.43. The van der Waals surface area contributed by atoms with E-state index in [-0.39, 0.29) is 12.2 Å². The fourth-order valence-corrected chi connectivity index (χ4v) is 3.82. The number of amides is 1. The Bertz CT molecular complexity index is 345. The summed E-state index contributed by atoms with van der Waals surface area (Å²) in [7, 11) is 2.18. The Hall–Kier alpha value is -0.610. The third-order valence-corrected chi connectivity index (χ3v) is 4.80. The fourth-order valence-electron chi connectivity index (χ4n) is 3.82. The minimum absolute atomic E-state index is 0.0341. The van der Waals surface area contributed by atoms with Gasteiger partial charge in [-0.3, -0.25) is 10.1 Å². The van der Waals surface area contributed by atoms with E-state index >= 15 is 0 Å². The van der Waals surface area contributed by atoms with Crippen LogP contribution in [-0.4, -0.2) is 54.1 Å². The fraction of sp³-hybridized carbons (Fsp3) is 0.938. The molecule has 1 amide bonds. The van der Waals surface area contributed by atoms with Crippen molar-refractivity contribution >= 4 is 5.91 Å². The van der Waals surface area contributed by atoms with E-state index < -0.39 is 0 Å². The van der Waals surface area contributed by atoms with E-state index in [0.717, 1.165) is 32.4 Å². The Kier molecular flexibility index (Phi) is 5.08. The molecule has 0 aromatic carbocycles. The molecule has 4 heteroatoms. The van der Waals surface area contributed by atoms with E-state index in [2.05, 4.69) is 49.9 Å². The standard InChI is InChI=1S/C16H31N3O/c1-6-15-17-13(9-11(2)3)16(20)19(15)14-7-8-18(5)10-12(14)4/h11-15,17H,6-10H2,1-5H3. The molecule has 2 fully saturated rings. The molecule has 0 aromatic rings. The van der Waals surface area contributed by atoms with E-state index in [9.17, 15) is 4.79 Å². The number of hydrogen-bond donors (Lipinski definition) is 1. The van der Waals surface area contributed by atoms with Crippen molar-refractivity contribution in [1.82, 2.24) is 15.1 Å². The van der Waals surface area contributed by atoms with Gasteiger partial charge in [-0.15, -0.1) is 0 Å². The van der Waals surface area contributed by atoms with Gasteiger partial charge in [0.05, 0.1) is 12.2 Å². The quantitative estimate of drug-likeness (QED) is 0.855. The summed E-state index contributed by atoms with van der Waals surface area (Å²) in [6.45, 7) is 11.0. The minimum atomic E-state index is 0.0341. The maximum Gasteiger partial charge on any atom is 0.241 e. The molecule has 2 aliphatic heterocycles. The number of carbonyl (C=O) groups is 1. The van der Waals surface area contributed by atoms with Crippen LogP contribution in [0.1, 0.15) is 47.0 Å². The third-order valence-electron chi connectivity index (χ3n) is 4.80. The Balaban J connectivity index is 2.10. The molecule has 0 aromatic heterocycles. The predicted octanol–water partition coefficient (Wildman–Crippen LogP) is 1.91. The van der Waals surface area contributed by atoms with Crippen LogP contribution in [0.2, 0.25) is 0 Å². The van der Waals surface area contributed by atoms with Crippen LogP contribution in [0.3, 0.4) is 0 Å². The molecule has 116 valence electrons. The number of rotatable bonds is 4. The molecule has 2 rings (SSSR count). The lowest BCUT2D eigenvalue weighted by atomic mass is 9.92. The highest BCUT2D eigenvalue weighted by Gasteiger charge is 2.44. The molecule has 4 nitrogen and oxygen atoms in total. The summed E-state index contributed by atoms with van der Waals surface area (Å²) < 4.78 is 0. The second kappa shape index (κ2) is 6.44. The number of hydrogen-bond acceptors (Lipinski definition) is 3. The Labute approximate surface area is 123 Å². The highest BCUT2D eigenvalue weighted by Crippen LogP contribution is 2.28. The maximum absolute atomic E-state index is 12.8. The lowest BCUT2D eigenvalue weighted by Gasteiger charge is -2.42. The molecule has 0 radical (unpaired) electrons. The van der Waals surface area contributed by atoms with Crippen molar-refractivity contribution in [3.05, 3.63) is 0 Å². The van der Waals surface area contributed by atoms with Crippen molar-refractivity contribution in [3.63, 3.8) is 0 Å². The normalized spacial score (nSPS) is 36.1. The molecule has 0 spiro atoms. The van der Waals surface area contributed by atoms with Gasteiger partial charge in [0.1, 0.15) is 0 Å². The van der Waals surface area contributed by atoms with Gasteiger partial charge in [0, 0.05) is 12.6 Å². The topological polar surface area (TPSA) is 35.6 Å². The summed E-state index contributed by atoms with van der Waals surface area (Å²) in [6, 6.07) is 0.445. The van der Waals surface area contributed by atoms with Gasteiger partial charge in [0.25, 0.3) is 0 Å². The van der Waals surface area contributed by atoms with Crippen molar-refractivity contribution < 1.29 is 4.79 Å². The van der Waals surface area contributed by atoms with Crippen LogP contribution >= 0.6 is 0 Å². The van der Waals surface area contributed by atoms with E-state index in [0.29, 0.717) is 23.8 Å². The van der Waals surface area contributed by atoms with E-state index in [1.54, 1.807) is 0 Å². The zero-order valence-electron chi connectivity index (χ0n) is 13.7. The van der Waals surface area contributed by atoms with Crippen molar-refractivity contribution in [2.24, 2.45) is 11.8 Å². The van der Waals surface area contributed by atoms with Crippen molar-refractivity contribution in [2.75, 3.05) is 20.1 Å². The Morgan fingerprint density at radius 1 is 1.40 bits per heavy atom. The summed E-state index contributed by atoms with van der Waals surface area (Å²) >= 11 is 0. The van der Waals surface area contributed by atoms with Gasteiger partial charge in [0.2, 0.25) is 5.91 Å². The van der Waals surface area contributed by atoms with Gasteiger partial charge < -0.3 is 9.80 Å². The molecule has 2 aliphatic rings. The van der Waals surface area contributed by atoms with Crippen molar-refractivity contribution in [2.45, 2.75) is 65.2 Å². The monoisotopic (exact) mass is 281 g/mol. The van der Waals surface area contributed by atoms with Gasteiger partial charge in [-0.25, -0.2) is 0 Å². The first-order valence-electron chi connectivity index (χ1n) is 8.20. The van der Waals surface area contributed by atoms with Crippen molar-refractivity contribution in [1.29, 1.82) is 0 Å². The summed E-state index contributed by atoms with van der Waals surface area (Å²) in [6.07, 6.45) is 3.30. The van der Waals surface area contributed by atoms with E-state index in [4.69, 9.17) is 0 Å². The number of nitrogens with zero attached hydrogens (tertiary/aromatic N) is 2. The Morgan fingerprint density at radius 2 is 2.10 bits per heavy atom. The molecule has 20 heavy (non-hydrogen) atoms. The summed E-state index contributed by atoms with van der Waals surface area (Å²) in [5, 5.41) is 3.56. The molecular weight excluding hydrogens is 250 g/mol. The van der Waals surface area contributed by atoms with Crippen LogP contribution in [-0.2, 0) is 4.79 Å². The van der Waals surface area contributed by atoms with Crippen LogP contribution < -0.4 is 5.32 Å². The molecular formula is C16H31N3O. The van der Waals surface area contributed by atoms with Gasteiger partial charge >= 0.3 is 0 Å². The molecule has 1 N–H and O–H groups in total. The van der Waals surface area contributed by atoms with Crippen LogP contribution in [0, 0.1) is 11.8 Å². The van der Waals surface area contributed by atoms with Crippen molar-refractivity contribution in [3.8, 4) is 0 Å². The SMILES string of the molecule is CCC1NC(CC(C)C)C(=O)N1C1CCN(C)CC1C. The minimum Gasteiger partial charge on any atom is -0.322 e. The average Bonchev–Trinajstić information content (AvgIpc) is 2.66. The number of nitrogens with one attached hydrogen (secondary N) is 1. The lowest BCUT2D eigenvalue weighted by molar-refractivity contribution is -0.134. The van der Waals surface area contributed by atoms with E-state index in [1.807, 2.05) is 0 Å². The molecule has 0 bridgehead atoms. The summed E-state index contributed by atoms with van der Waals surface area (Å²) in [5.41, 5.74) is 0. The number of likely N-dealkylation sites (tertiary alicyclic amines) is 1. The van der Waals surface area contributed by atoms with Crippen LogP contribution in [0.15, 0.2) is 0 Å². The number of piperidine rings is 1. The second-order valence-electron chi connectivity index (χ2n) is 7.11. The third kappa shape index (κ3) is 3.17. The zero-order chi connectivity index (χ0) is 14.9. The van der Waals surface area contributed by atoms with E-state index in [1.165, 1.54) is 0 Å². The molecule has 4 atom stereocenters. The second-order valence-corrected chi connectivity index (χ2v) is 7.11. The first-order valence-corrected chi connectivity index (χ1v) is 8.20. The lowest BCUT2D eigenvalue weighted by Crippen LogP contribution is -2.53. The van der Waals surface area contributed by atoms with Gasteiger partial charge in [-0.2, -0.15) is 0 Å². The van der Waals surface area contributed by atoms with Crippen LogP contribution in [0.25, 0.3) is 0 Å². The molecule has 4 unspecified atom stereocenters. The van der Waals surface area contributed by atoms with Crippen LogP contribution in [0.5, 0.6) is 0 Å². The van der Waals surface area contributed by atoms with Gasteiger partial charge in [-0.1, -0.05) is 27.7 Å². The summed E-state index contributed by atoms with van der Waals surface area (Å²) in [4.78, 5) is 17.3. The number of carbonyl (C=O) groups excluding carboxylic acids is 1. The zero-order valence-corrected chi connectivity index (χ0v) is 13.7. The Morgan fingerprint density at radius 3 is 2.65 bits per heavy atom. The molecule has 0 saturated carbocycles. The summed E-state index contributed by atoms with van der Waals surface area (Å²) in [5.74, 6) is 1.46. The predicted molar refractivity (Wildman–Crippen MR) is 82.4 cm³/mol. The maximum atomic E-state index is 12.8. The van der Waals surface area contributed by atoms with Gasteiger partial charge in [0.15, 0.2) is 0 Å². The average molecular weight is 281 g/mol. The molecule has 2 heterocycles. The largest absolute Gasteiger partial charge is 0.322 e. The first kappa shape index (κ1) is 15.8. The van der Waals surface area contributed by atoms with Crippen LogP contribution in [0.4, 0.5) is 0 Å². The molecule has 0 aliphatic carbocycles. The smallest absolute Gasteiger partial charge is 0.241 e. The van der Waals surface area contributed by atoms with Gasteiger partial charge in [-0.05, 0) is 44.7 Å². The highest BCUT2D eigenvalue weighted by molar-refractivity contribution is 5.84. The molecule has 2 saturated heterocycles.